The Morgan fingerprint density at radius 3 is 2.42 bits per heavy atom. The topological polar surface area (TPSA) is 55.6 Å². The van der Waals surface area contributed by atoms with E-state index in [1.165, 1.54) is 0 Å². The van der Waals surface area contributed by atoms with E-state index in [0.717, 1.165) is 16.9 Å². The molecular formula is C12H10N4S3. The summed E-state index contributed by atoms with van der Waals surface area (Å²) in [7, 11) is 0. The van der Waals surface area contributed by atoms with Crippen molar-refractivity contribution >= 4 is 47.6 Å². The number of hydrogen-bond donors (Lipinski definition) is 4. The quantitative estimate of drug-likeness (QED) is 0.610. The van der Waals surface area contributed by atoms with Crippen molar-refractivity contribution in [2.24, 2.45) is 0 Å². The summed E-state index contributed by atoms with van der Waals surface area (Å²) in [5, 5.41) is 6.83. The van der Waals surface area contributed by atoms with Crippen LogP contribution in [0, 0.1) is 9.41 Å². The Balaban J connectivity index is 2.23. The molecule has 4 N–H and O–H groups in total. The highest BCUT2D eigenvalue weighted by Gasteiger charge is 2.25. The standard InChI is InChI=1S/C12H10N4S3/c17-10-7-8(6-4-2-1-3-5-6)13-11(18)14-9(7)15-12(19)16-10/h1-5,8H,(H4,13,14,15,16,17,18,19). The number of nitrogens with one attached hydrogen (secondary N) is 4. The van der Waals surface area contributed by atoms with E-state index >= 15 is 0 Å². The SMILES string of the molecule is S=C1Nc2[nH]c(=S)[nH]c(=S)c2C(c2ccccc2)N1. The maximum absolute atomic E-state index is 5.38. The fraction of sp³-hybridized carbons (Fsp3) is 0.0833. The molecule has 3 rings (SSSR count). The minimum Gasteiger partial charge on any atom is -0.351 e. The molecule has 2 aromatic rings. The van der Waals surface area contributed by atoms with E-state index in [-0.39, 0.29) is 6.04 Å². The van der Waals surface area contributed by atoms with Crippen LogP contribution in [-0.4, -0.2) is 15.1 Å². The molecule has 2 heterocycles. The van der Waals surface area contributed by atoms with Crippen molar-refractivity contribution in [1.82, 2.24) is 15.3 Å². The van der Waals surface area contributed by atoms with Crippen LogP contribution in [0.3, 0.4) is 0 Å². The van der Waals surface area contributed by atoms with Crippen LogP contribution in [0.4, 0.5) is 5.82 Å². The van der Waals surface area contributed by atoms with Crippen molar-refractivity contribution in [1.29, 1.82) is 0 Å². The van der Waals surface area contributed by atoms with Gasteiger partial charge in [0.05, 0.1) is 11.6 Å². The number of thiocarbonyl (C=S) groups is 1. The minimum atomic E-state index is -0.0828. The molecule has 1 aliphatic heterocycles. The Hall–Kier alpha value is -1.57. The van der Waals surface area contributed by atoms with Crippen molar-refractivity contribution in [3.05, 3.63) is 50.9 Å². The number of rotatable bonds is 1. The monoisotopic (exact) mass is 306 g/mol. The lowest BCUT2D eigenvalue weighted by molar-refractivity contribution is 0.740. The Morgan fingerprint density at radius 1 is 0.947 bits per heavy atom. The fourth-order valence-electron chi connectivity index (χ4n) is 2.12. The number of aromatic nitrogens is 2. The maximum atomic E-state index is 5.38. The van der Waals surface area contributed by atoms with E-state index < -0.39 is 0 Å². The van der Waals surface area contributed by atoms with E-state index in [0.29, 0.717) is 14.5 Å². The van der Waals surface area contributed by atoms with Crippen molar-refractivity contribution in [3.63, 3.8) is 0 Å². The van der Waals surface area contributed by atoms with Gasteiger partial charge in [-0.2, -0.15) is 0 Å². The van der Waals surface area contributed by atoms with Crippen LogP contribution in [0.5, 0.6) is 0 Å². The van der Waals surface area contributed by atoms with Gasteiger partial charge in [0.1, 0.15) is 10.5 Å². The average Bonchev–Trinajstić information content (AvgIpc) is 2.38. The summed E-state index contributed by atoms with van der Waals surface area (Å²) in [6, 6.07) is 9.93. The van der Waals surface area contributed by atoms with Gasteiger partial charge in [-0.1, -0.05) is 42.5 Å². The van der Waals surface area contributed by atoms with E-state index in [1.807, 2.05) is 30.3 Å². The van der Waals surface area contributed by atoms with Crippen molar-refractivity contribution in [3.8, 4) is 0 Å². The molecule has 96 valence electrons. The second-order valence-electron chi connectivity index (χ2n) is 4.14. The molecule has 1 aromatic carbocycles. The zero-order valence-electron chi connectivity index (χ0n) is 9.69. The zero-order chi connectivity index (χ0) is 13.4. The van der Waals surface area contributed by atoms with Crippen LogP contribution >= 0.6 is 36.7 Å². The van der Waals surface area contributed by atoms with Gasteiger partial charge < -0.3 is 20.6 Å². The lowest BCUT2D eigenvalue weighted by atomic mass is 9.99. The second kappa shape index (κ2) is 4.84. The van der Waals surface area contributed by atoms with Crippen molar-refractivity contribution in [2.75, 3.05) is 5.32 Å². The van der Waals surface area contributed by atoms with E-state index in [4.69, 9.17) is 36.7 Å². The van der Waals surface area contributed by atoms with Gasteiger partial charge >= 0.3 is 0 Å². The second-order valence-corrected chi connectivity index (χ2v) is 5.36. The van der Waals surface area contributed by atoms with Gasteiger partial charge in [0.25, 0.3) is 0 Å². The summed E-state index contributed by atoms with van der Waals surface area (Å²) in [6.07, 6.45) is 0. The summed E-state index contributed by atoms with van der Waals surface area (Å²) >= 11 is 15.7. The number of anilines is 1. The molecule has 7 heteroatoms. The van der Waals surface area contributed by atoms with E-state index in [2.05, 4.69) is 20.6 Å². The number of benzene rings is 1. The van der Waals surface area contributed by atoms with Crippen LogP contribution in [0.1, 0.15) is 17.2 Å². The van der Waals surface area contributed by atoms with Crippen LogP contribution in [0.25, 0.3) is 0 Å². The molecule has 1 atom stereocenters. The molecule has 0 fully saturated rings. The highest BCUT2D eigenvalue weighted by molar-refractivity contribution is 7.80. The molecule has 19 heavy (non-hydrogen) atoms. The smallest absolute Gasteiger partial charge is 0.177 e. The van der Waals surface area contributed by atoms with Gasteiger partial charge in [-0.05, 0) is 30.0 Å². The first kappa shape index (κ1) is 12.5. The number of fused-ring (bicyclic) bond motifs is 1. The van der Waals surface area contributed by atoms with E-state index in [1.54, 1.807) is 0 Å². The average molecular weight is 306 g/mol. The number of hydrogen-bond acceptors (Lipinski definition) is 3. The third-order valence-electron chi connectivity index (χ3n) is 2.92. The predicted molar refractivity (Wildman–Crippen MR) is 84.5 cm³/mol. The third-order valence-corrected chi connectivity index (χ3v) is 3.66. The van der Waals surface area contributed by atoms with Crippen molar-refractivity contribution < 1.29 is 0 Å². The van der Waals surface area contributed by atoms with Crippen LogP contribution in [0.15, 0.2) is 30.3 Å². The fourth-order valence-corrected chi connectivity index (χ4v) is 2.93. The summed E-state index contributed by atoms with van der Waals surface area (Å²) in [4.78, 5) is 6.02. The molecule has 0 amide bonds. The van der Waals surface area contributed by atoms with E-state index in [9.17, 15) is 0 Å². The van der Waals surface area contributed by atoms with Crippen LogP contribution in [-0.2, 0) is 0 Å². The first-order valence-corrected chi connectivity index (χ1v) is 6.86. The zero-order valence-corrected chi connectivity index (χ0v) is 12.1. The lowest BCUT2D eigenvalue weighted by Gasteiger charge is -2.28. The molecule has 4 nitrogen and oxygen atoms in total. The molecule has 0 aliphatic carbocycles. The lowest BCUT2D eigenvalue weighted by Crippen LogP contribution is -2.39. The molecule has 1 aliphatic rings. The van der Waals surface area contributed by atoms with Gasteiger partial charge in [0, 0.05) is 0 Å². The van der Waals surface area contributed by atoms with Gasteiger partial charge in [0.2, 0.25) is 0 Å². The molecule has 1 aromatic heterocycles. The number of H-pyrrole nitrogens is 2. The summed E-state index contributed by atoms with van der Waals surface area (Å²) in [6.45, 7) is 0. The minimum absolute atomic E-state index is 0.0828. The number of aromatic amines is 2. The molecule has 1 unspecified atom stereocenters. The molecule has 0 bridgehead atoms. The maximum Gasteiger partial charge on any atom is 0.177 e. The first-order chi connectivity index (χ1) is 9.15. The summed E-state index contributed by atoms with van der Waals surface area (Å²) < 4.78 is 1.09. The summed E-state index contributed by atoms with van der Waals surface area (Å²) in [5.74, 6) is 0.756. The normalized spacial score (nSPS) is 17.3. The molecule has 0 saturated carbocycles. The predicted octanol–water partition coefficient (Wildman–Crippen LogP) is 3.19. The largest absolute Gasteiger partial charge is 0.351 e. The highest BCUT2D eigenvalue weighted by Crippen LogP contribution is 2.30. The summed E-state index contributed by atoms with van der Waals surface area (Å²) in [5.41, 5.74) is 2.01. The van der Waals surface area contributed by atoms with Gasteiger partial charge in [0.15, 0.2) is 9.88 Å². The van der Waals surface area contributed by atoms with Crippen LogP contribution < -0.4 is 10.6 Å². The molecule has 0 saturated heterocycles. The Bertz CT molecular complexity index is 748. The molecular weight excluding hydrogens is 296 g/mol. The Labute approximate surface area is 125 Å². The Kier molecular flexibility index (Phi) is 3.17. The third kappa shape index (κ3) is 2.32. The van der Waals surface area contributed by atoms with Gasteiger partial charge in [-0.15, -0.1) is 0 Å². The van der Waals surface area contributed by atoms with Crippen molar-refractivity contribution in [2.45, 2.75) is 6.04 Å². The molecule has 0 radical (unpaired) electrons. The van der Waals surface area contributed by atoms with Crippen LogP contribution in [0.2, 0.25) is 0 Å². The highest BCUT2D eigenvalue weighted by atomic mass is 32.1. The Morgan fingerprint density at radius 2 is 1.68 bits per heavy atom. The van der Waals surface area contributed by atoms with Gasteiger partial charge in [-0.25, -0.2) is 0 Å². The molecule has 0 spiro atoms. The van der Waals surface area contributed by atoms with Gasteiger partial charge in [-0.3, -0.25) is 0 Å². The first-order valence-electron chi connectivity index (χ1n) is 5.64.